The Kier molecular flexibility index (Phi) is 9.13. The van der Waals surface area contributed by atoms with Gasteiger partial charge in [-0.3, -0.25) is 19.4 Å². The highest BCUT2D eigenvalue weighted by Crippen LogP contribution is 2.46. The number of aromatic nitrogens is 3. The van der Waals surface area contributed by atoms with Crippen LogP contribution in [0.5, 0.6) is 5.88 Å². The maximum Gasteiger partial charge on any atom is 0.332 e. The lowest BCUT2D eigenvalue weighted by molar-refractivity contribution is -0.148. The van der Waals surface area contributed by atoms with Crippen LogP contribution >= 0.6 is 11.3 Å². The molecule has 0 bridgehead atoms. The lowest BCUT2D eigenvalue weighted by Gasteiger charge is -2.29. The number of rotatable bonds is 7. The molecular formula is C35H40N6O6S. The second-order valence-corrected chi connectivity index (χ2v) is 14.2. The van der Waals surface area contributed by atoms with Crippen LogP contribution in [0.2, 0.25) is 0 Å². The highest BCUT2D eigenvalue weighted by Gasteiger charge is 2.62. The summed E-state index contributed by atoms with van der Waals surface area (Å²) in [4.78, 5) is 69.8. The molecule has 3 fully saturated rings. The van der Waals surface area contributed by atoms with Crippen LogP contribution in [0.15, 0.2) is 48.0 Å². The first-order chi connectivity index (χ1) is 23.3. The number of amides is 3. The molecule has 5 atom stereocenters. The van der Waals surface area contributed by atoms with Gasteiger partial charge in [0.05, 0.1) is 19.2 Å². The molecule has 1 saturated heterocycles. The molecule has 2 N–H and O–H groups in total. The van der Waals surface area contributed by atoms with Gasteiger partial charge in [0.1, 0.15) is 34.1 Å². The minimum Gasteiger partial charge on any atom is -0.471 e. The van der Waals surface area contributed by atoms with Crippen molar-refractivity contribution >= 4 is 45.2 Å². The monoisotopic (exact) mass is 672 g/mol. The van der Waals surface area contributed by atoms with Crippen LogP contribution in [0.1, 0.15) is 64.2 Å². The van der Waals surface area contributed by atoms with Gasteiger partial charge in [-0.15, -0.1) is 11.3 Å². The van der Waals surface area contributed by atoms with E-state index in [1.807, 2.05) is 35.7 Å². The molecule has 4 aliphatic rings. The van der Waals surface area contributed by atoms with Gasteiger partial charge in [-0.1, -0.05) is 31.1 Å². The number of ether oxygens (including phenoxy) is 2. The fourth-order valence-electron chi connectivity index (χ4n) is 6.84. The summed E-state index contributed by atoms with van der Waals surface area (Å²) >= 11 is 1.44. The minimum atomic E-state index is -1.18. The van der Waals surface area contributed by atoms with E-state index in [9.17, 15) is 19.2 Å². The molecule has 5 heterocycles. The molecule has 2 aliphatic carbocycles. The average Bonchev–Trinajstić information content (AvgIpc) is 3.92. The molecule has 2 saturated carbocycles. The summed E-state index contributed by atoms with van der Waals surface area (Å²) in [6, 6.07) is 5.68. The fraction of sp³-hybridized carbons (Fsp3) is 0.514. The third-order valence-corrected chi connectivity index (χ3v) is 10.6. The van der Waals surface area contributed by atoms with Gasteiger partial charge in [0.15, 0.2) is 5.82 Å². The van der Waals surface area contributed by atoms with Crippen molar-refractivity contribution in [2.24, 2.45) is 11.8 Å². The van der Waals surface area contributed by atoms with Gasteiger partial charge >= 0.3 is 5.97 Å². The summed E-state index contributed by atoms with van der Waals surface area (Å²) in [5.41, 5.74) is 0.121. The lowest BCUT2D eigenvalue weighted by Crippen LogP contribution is -2.56. The summed E-state index contributed by atoms with van der Waals surface area (Å²) < 4.78 is 12.4. The molecule has 3 aromatic rings. The second kappa shape index (κ2) is 13.6. The first-order valence-electron chi connectivity index (χ1n) is 16.8. The van der Waals surface area contributed by atoms with E-state index in [0.717, 1.165) is 43.2 Å². The standard InChI is InChI=1S/C35H40N6O6S/c1-46-34(45)35-19-22(35)9-5-3-2-4-6-11-26(37-28(42)17-21-12-13-21)33(44)41-20-23(18-27(41)31(43)40-35)47-32-29-24(14-16-48-29)38-30(39-32)25-10-7-8-15-36-25/h5,7-10,14-16,21-23,26-27H,2-4,6,11-13,17-20H2,1H3,(H,37,42)(H,40,43)/t22-,23-,26+,27+,35-/m1/s1. The van der Waals surface area contributed by atoms with Crippen molar-refractivity contribution < 1.29 is 28.7 Å². The van der Waals surface area contributed by atoms with Crippen molar-refractivity contribution in [3.8, 4) is 17.4 Å². The predicted molar refractivity (Wildman–Crippen MR) is 178 cm³/mol. The molecule has 0 radical (unpaired) electrons. The number of pyridine rings is 1. The predicted octanol–water partition coefficient (Wildman–Crippen LogP) is 3.95. The van der Waals surface area contributed by atoms with Crippen molar-refractivity contribution in [1.82, 2.24) is 30.5 Å². The quantitative estimate of drug-likeness (QED) is 0.281. The Morgan fingerprint density at radius 1 is 1.12 bits per heavy atom. The zero-order chi connectivity index (χ0) is 33.3. The van der Waals surface area contributed by atoms with Gasteiger partial charge in [-0.25, -0.2) is 9.78 Å². The topological polar surface area (TPSA) is 153 Å². The molecule has 3 aromatic heterocycles. The van der Waals surface area contributed by atoms with Gasteiger partial charge in [-0.2, -0.15) is 4.98 Å². The summed E-state index contributed by atoms with van der Waals surface area (Å²) in [6.07, 6.45) is 12.0. The van der Waals surface area contributed by atoms with E-state index in [4.69, 9.17) is 14.5 Å². The number of nitrogens with zero attached hydrogens (tertiary/aromatic N) is 4. The van der Waals surface area contributed by atoms with E-state index in [0.29, 0.717) is 48.1 Å². The summed E-state index contributed by atoms with van der Waals surface area (Å²) in [6.45, 7) is 0.107. The number of fused-ring (bicyclic) bond motifs is 3. The molecule has 3 amide bonds. The maximum absolute atomic E-state index is 14.4. The lowest BCUT2D eigenvalue weighted by atomic mass is 10.0. The first-order valence-corrected chi connectivity index (χ1v) is 17.7. The van der Waals surface area contributed by atoms with Gasteiger partial charge in [0.2, 0.25) is 23.6 Å². The maximum atomic E-state index is 14.4. The molecule has 12 nitrogen and oxygen atoms in total. The Bertz CT molecular complexity index is 1730. The van der Waals surface area contributed by atoms with E-state index in [-0.39, 0.29) is 30.7 Å². The van der Waals surface area contributed by atoms with E-state index in [2.05, 4.69) is 26.7 Å². The van der Waals surface area contributed by atoms with Gasteiger partial charge in [-0.05, 0) is 68.0 Å². The molecule has 0 unspecified atom stereocenters. The Labute approximate surface area is 282 Å². The Morgan fingerprint density at radius 2 is 2.00 bits per heavy atom. The zero-order valence-electron chi connectivity index (χ0n) is 26.9. The smallest absolute Gasteiger partial charge is 0.332 e. The number of carbonyl (C=O) groups excluding carboxylic acids is 4. The molecule has 13 heteroatoms. The van der Waals surface area contributed by atoms with E-state index < -0.39 is 35.6 Å². The van der Waals surface area contributed by atoms with Crippen molar-refractivity contribution in [3.63, 3.8) is 0 Å². The Balaban J connectivity index is 1.19. The number of carbonyl (C=O) groups is 4. The van der Waals surface area contributed by atoms with Gasteiger partial charge in [0, 0.05) is 25.0 Å². The highest BCUT2D eigenvalue weighted by atomic mass is 32.1. The Morgan fingerprint density at radius 3 is 2.79 bits per heavy atom. The molecule has 7 rings (SSSR count). The number of allylic oxidation sites excluding steroid dienone is 1. The summed E-state index contributed by atoms with van der Waals surface area (Å²) in [7, 11) is 1.31. The molecular weight excluding hydrogens is 632 g/mol. The molecule has 48 heavy (non-hydrogen) atoms. The average molecular weight is 673 g/mol. The number of esters is 1. The van der Waals surface area contributed by atoms with Gasteiger partial charge < -0.3 is 25.0 Å². The number of nitrogens with one attached hydrogen (secondary N) is 2. The van der Waals surface area contributed by atoms with Crippen LogP contribution in [0, 0.1) is 11.8 Å². The SMILES string of the molecule is COC(=O)[C@@]12C[C@H]1C=CCCCCC[C@H](NC(=O)CC1CC1)C(=O)N1C[C@H](Oc3nc(-c4ccccn4)nc4ccsc34)C[C@H]1C(=O)N2. The van der Waals surface area contributed by atoms with Crippen molar-refractivity contribution in [2.45, 2.75) is 87.9 Å². The number of methoxy groups -OCH3 is 1. The van der Waals surface area contributed by atoms with Crippen molar-refractivity contribution in [1.29, 1.82) is 0 Å². The molecule has 0 spiro atoms. The number of hydrogen-bond acceptors (Lipinski definition) is 10. The fourth-order valence-corrected chi connectivity index (χ4v) is 7.60. The summed E-state index contributed by atoms with van der Waals surface area (Å²) in [5.74, 6) is -0.484. The molecule has 252 valence electrons. The van der Waals surface area contributed by atoms with E-state index in [1.54, 1.807) is 6.20 Å². The number of hydrogen-bond donors (Lipinski definition) is 2. The first kappa shape index (κ1) is 32.2. The zero-order valence-corrected chi connectivity index (χ0v) is 27.7. The second-order valence-electron chi connectivity index (χ2n) is 13.3. The third kappa shape index (κ3) is 6.78. The molecule has 2 aliphatic heterocycles. The third-order valence-electron chi connectivity index (χ3n) is 9.74. The van der Waals surface area contributed by atoms with Crippen LogP contribution in [-0.4, -0.2) is 80.9 Å². The van der Waals surface area contributed by atoms with Gasteiger partial charge in [0.25, 0.3) is 0 Å². The largest absolute Gasteiger partial charge is 0.471 e. The number of thiophene rings is 1. The Hall–Kier alpha value is -4.39. The molecule has 0 aromatic carbocycles. The highest BCUT2D eigenvalue weighted by molar-refractivity contribution is 7.17. The van der Waals surface area contributed by atoms with E-state index in [1.165, 1.54) is 23.3 Å². The van der Waals surface area contributed by atoms with Crippen LogP contribution < -0.4 is 15.4 Å². The van der Waals surface area contributed by atoms with E-state index >= 15 is 0 Å². The van der Waals surface area contributed by atoms with Crippen LogP contribution in [0.4, 0.5) is 0 Å². The van der Waals surface area contributed by atoms with Crippen molar-refractivity contribution in [3.05, 3.63) is 48.0 Å². The normalized spacial score (nSPS) is 27.6. The van der Waals surface area contributed by atoms with Crippen LogP contribution in [0.25, 0.3) is 21.7 Å². The minimum absolute atomic E-state index is 0.107. The van der Waals surface area contributed by atoms with Crippen LogP contribution in [0.3, 0.4) is 0 Å². The van der Waals surface area contributed by atoms with Crippen molar-refractivity contribution in [2.75, 3.05) is 13.7 Å². The summed E-state index contributed by atoms with van der Waals surface area (Å²) in [5, 5.41) is 7.89. The van der Waals surface area contributed by atoms with Crippen LogP contribution in [-0.2, 0) is 23.9 Å².